The number of amides is 1. The van der Waals surface area contributed by atoms with Crippen LogP contribution in [0.4, 0.5) is 10.1 Å². The van der Waals surface area contributed by atoms with Crippen molar-refractivity contribution in [1.82, 2.24) is 10.3 Å². The van der Waals surface area contributed by atoms with Crippen LogP contribution in [0.25, 0.3) is 0 Å². The lowest BCUT2D eigenvalue weighted by atomic mass is 10.3. The maximum atomic E-state index is 12.7. The van der Waals surface area contributed by atoms with Crippen LogP contribution in [0.1, 0.15) is 20.3 Å². The predicted octanol–water partition coefficient (Wildman–Crippen LogP) is 1.55. The van der Waals surface area contributed by atoms with E-state index in [4.69, 9.17) is 0 Å². The molecule has 1 aromatic rings. The van der Waals surface area contributed by atoms with Gasteiger partial charge in [0.1, 0.15) is 0 Å². The zero-order valence-electron chi connectivity index (χ0n) is 9.46. The number of hydrogen-bond acceptors (Lipinski definition) is 3. The van der Waals surface area contributed by atoms with E-state index in [1.807, 2.05) is 13.8 Å². The van der Waals surface area contributed by atoms with Gasteiger partial charge in [0.2, 0.25) is 11.9 Å². The van der Waals surface area contributed by atoms with Crippen LogP contribution in [0.15, 0.2) is 18.3 Å². The van der Waals surface area contributed by atoms with Gasteiger partial charge in [0, 0.05) is 37.0 Å². The second-order valence-corrected chi connectivity index (χ2v) is 3.77. The van der Waals surface area contributed by atoms with Gasteiger partial charge in [0.15, 0.2) is 0 Å². The minimum Gasteiger partial charge on any atom is -0.384 e. The number of rotatable bonds is 5. The van der Waals surface area contributed by atoms with Crippen LogP contribution in [0.3, 0.4) is 0 Å². The third-order valence-corrected chi connectivity index (χ3v) is 1.86. The monoisotopic (exact) mass is 225 g/mol. The lowest BCUT2D eigenvalue weighted by molar-refractivity contribution is -0.121. The normalized spacial score (nSPS) is 10.2. The van der Waals surface area contributed by atoms with Crippen LogP contribution < -0.4 is 10.6 Å². The SMILES string of the molecule is CC(C)NC(=O)CCNc1ccnc(F)c1. The van der Waals surface area contributed by atoms with Crippen molar-refractivity contribution in [1.29, 1.82) is 0 Å². The molecule has 0 spiro atoms. The number of hydrogen-bond donors (Lipinski definition) is 2. The molecule has 1 rings (SSSR count). The molecule has 0 saturated heterocycles. The quantitative estimate of drug-likeness (QED) is 0.747. The molecule has 1 heterocycles. The summed E-state index contributed by atoms with van der Waals surface area (Å²) < 4.78 is 12.7. The average Bonchev–Trinajstić information content (AvgIpc) is 2.16. The van der Waals surface area contributed by atoms with Gasteiger partial charge in [-0.1, -0.05) is 0 Å². The molecule has 0 aliphatic rings. The summed E-state index contributed by atoms with van der Waals surface area (Å²) in [6.07, 6.45) is 1.74. The van der Waals surface area contributed by atoms with Crippen molar-refractivity contribution >= 4 is 11.6 Å². The van der Waals surface area contributed by atoms with Gasteiger partial charge >= 0.3 is 0 Å². The molecule has 0 unspecified atom stereocenters. The van der Waals surface area contributed by atoms with E-state index >= 15 is 0 Å². The zero-order valence-corrected chi connectivity index (χ0v) is 9.46. The standard InChI is InChI=1S/C11H16FN3O/c1-8(2)15-11(16)4-6-13-9-3-5-14-10(12)7-9/h3,5,7-8H,4,6H2,1-2H3,(H,13,14)(H,15,16). The Balaban J connectivity index is 2.28. The number of anilines is 1. The van der Waals surface area contributed by atoms with Crippen molar-refractivity contribution in [2.24, 2.45) is 0 Å². The van der Waals surface area contributed by atoms with Crippen LogP contribution in [0.2, 0.25) is 0 Å². The van der Waals surface area contributed by atoms with Gasteiger partial charge in [-0.3, -0.25) is 4.79 Å². The van der Waals surface area contributed by atoms with E-state index < -0.39 is 5.95 Å². The lowest BCUT2D eigenvalue weighted by Gasteiger charge is -2.09. The highest BCUT2D eigenvalue weighted by atomic mass is 19.1. The van der Waals surface area contributed by atoms with Crippen LogP contribution >= 0.6 is 0 Å². The Morgan fingerprint density at radius 2 is 2.31 bits per heavy atom. The molecule has 0 atom stereocenters. The van der Waals surface area contributed by atoms with E-state index in [-0.39, 0.29) is 11.9 Å². The number of nitrogens with one attached hydrogen (secondary N) is 2. The average molecular weight is 225 g/mol. The van der Waals surface area contributed by atoms with Crippen LogP contribution in [0, 0.1) is 5.95 Å². The summed E-state index contributed by atoms with van der Waals surface area (Å²) >= 11 is 0. The van der Waals surface area contributed by atoms with E-state index in [0.29, 0.717) is 18.7 Å². The molecule has 0 bridgehead atoms. The smallest absolute Gasteiger partial charge is 0.221 e. The molecule has 1 amide bonds. The molecule has 0 fully saturated rings. The first-order valence-corrected chi connectivity index (χ1v) is 5.22. The largest absolute Gasteiger partial charge is 0.384 e. The van der Waals surface area contributed by atoms with Gasteiger partial charge in [-0.05, 0) is 19.9 Å². The second-order valence-electron chi connectivity index (χ2n) is 3.77. The molecule has 0 saturated carbocycles. The topological polar surface area (TPSA) is 54.0 Å². The molecular formula is C11H16FN3O. The molecule has 0 aromatic carbocycles. The Labute approximate surface area is 94.3 Å². The van der Waals surface area contributed by atoms with Gasteiger partial charge < -0.3 is 10.6 Å². The molecule has 1 aromatic heterocycles. The zero-order chi connectivity index (χ0) is 12.0. The minimum absolute atomic E-state index is 0.0166. The maximum Gasteiger partial charge on any atom is 0.221 e. The van der Waals surface area contributed by atoms with Crippen LogP contribution in [0.5, 0.6) is 0 Å². The van der Waals surface area contributed by atoms with Crippen molar-refractivity contribution in [2.75, 3.05) is 11.9 Å². The van der Waals surface area contributed by atoms with Crippen molar-refractivity contribution in [3.8, 4) is 0 Å². The highest BCUT2D eigenvalue weighted by Gasteiger charge is 2.02. The number of halogens is 1. The Hall–Kier alpha value is -1.65. The summed E-state index contributed by atoms with van der Waals surface area (Å²) in [6, 6.07) is 3.09. The fraction of sp³-hybridized carbons (Fsp3) is 0.455. The number of aromatic nitrogens is 1. The minimum atomic E-state index is -0.531. The van der Waals surface area contributed by atoms with Gasteiger partial charge in [-0.15, -0.1) is 0 Å². The maximum absolute atomic E-state index is 12.7. The Bertz CT molecular complexity index is 355. The number of nitrogens with zero attached hydrogens (tertiary/aromatic N) is 1. The molecule has 0 aliphatic heterocycles. The molecular weight excluding hydrogens is 209 g/mol. The van der Waals surface area contributed by atoms with Crippen molar-refractivity contribution in [2.45, 2.75) is 26.3 Å². The number of carbonyl (C=O) groups excluding carboxylic acids is 1. The second kappa shape index (κ2) is 6.05. The van der Waals surface area contributed by atoms with E-state index in [1.165, 1.54) is 12.3 Å². The molecule has 2 N–H and O–H groups in total. The third kappa shape index (κ3) is 4.72. The Kier molecular flexibility index (Phi) is 4.69. The van der Waals surface area contributed by atoms with Crippen molar-refractivity contribution in [3.05, 3.63) is 24.3 Å². The van der Waals surface area contributed by atoms with Gasteiger partial charge in [-0.2, -0.15) is 4.39 Å². The summed E-state index contributed by atoms with van der Waals surface area (Å²) in [6.45, 7) is 4.29. The third-order valence-electron chi connectivity index (χ3n) is 1.86. The van der Waals surface area contributed by atoms with E-state index in [2.05, 4.69) is 15.6 Å². The predicted molar refractivity (Wildman–Crippen MR) is 60.6 cm³/mol. The lowest BCUT2D eigenvalue weighted by Crippen LogP contribution is -2.31. The molecule has 4 nitrogen and oxygen atoms in total. The number of carbonyl (C=O) groups is 1. The Morgan fingerprint density at radius 3 is 2.94 bits per heavy atom. The van der Waals surface area contributed by atoms with Crippen molar-refractivity contribution < 1.29 is 9.18 Å². The Morgan fingerprint density at radius 1 is 1.56 bits per heavy atom. The first-order valence-electron chi connectivity index (χ1n) is 5.22. The van der Waals surface area contributed by atoms with Gasteiger partial charge in [0.05, 0.1) is 0 Å². The summed E-state index contributed by atoms with van der Waals surface area (Å²) in [5, 5.41) is 5.72. The first-order chi connectivity index (χ1) is 7.58. The fourth-order valence-electron chi connectivity index (χ4n) is 1.23. The highest BCUT2D eigenvalue weighted by molar-refractivity contribution is 5.76. The molecule has 88 valence electrons. The van der Waals surface area contributed by atoms with Gasteiger partial charge in [-0.25, -0.2) is 4.98 Å². The summed E-state index contributed by atoms with van der Waals surface area (Å²) in [5.41, 5.74) is 0.629. The number of pyridine rings is 1. The van der Waals surface area contributed by atoms with Gasteiger partial charge in [0.25, 0.3) is 0 Å². The fourth-order valence-corrected chi connectivity index (χ4v) is 1.23. The highest BCUT2D eigenvalue weighted by Crippen LogP contribution is 2.06. The summed E-state index contributed by atoms with van der Waals surface area (Å²) in [7, 11) is 0. The summed E-state index contributed by atoms with van der Waals surface area (Å²) in [4.78, 5) is 14.7. The molecule has 16 heavy (non-hydrogen) atoms. The van der Waals surface area contributed by atoms with Crippen LogP contribution in [-0.4, -0.2) is 23.5 Å². The van der Waals surface area contributed by atoms with E-state index in [9.17, 15) is 9.18 Å². The van der Waals surface area contributed by atoms with E-state index in [1.54, 1.807) is 6.07 Å². The van der Waals surface area contributed by atoms with Crippen LogP contribution in [-0.2, 0) is 4.79 Å². The molecule has 5 heteroatoms. The van der Waals surface area contributed by atoms with E-state index in [0.717, 1.165) is 0 Å². The first kappa shape index (κ1) is 12.4. The molecule has 0 radical (unpaired) electrons. The van der Waals surface area contributed by atoms with Crippen molar-refractivity contribution in [3.63, 3.8) is 0 Å². The summed E-state index contributed by atoms with van der Waals surface area (Å²) in [5.74, 6) is -0.548. The molecule has 0 aliphatic carbocycles.